The maximum Gasteiger partial charge on any atom is 0.251 e. The van der Waals surface area contributed by atoms with Crippen molar-refractivity contribution in [2.45, 2.75) is 31.7 Å². The van der Waals surface area contributed by atoms with Gasteiger partial charge in [0, 0.05) is 28.7 Å². The van der Waals surface area contributed by atoms with Crippen molar-refractivity contribution in [1.29, 1.82) is 0 Å². The molecule has 1 aromatic carbocycles. The Morgan fingerprint density at radius 3 is 2.88 bits per heavy atom. The molecule has 136 valence electrons. The first-order valence-electron chi connectivity index (χ1n) is 9.25. The van der Waals surface area contributed by atoms with Gasteiger partial charge in [0.1, 0.15) is 5.76 Å². The van der Waals surface area contributed by atoms with Gasteiger partial charge in [-0.1, -0.05) is 0 Å². The Kier molecular flexibility index (Phi) is 4.55. The van der Waals surface area contributed by atoms with Gasteiger partial charge >= 0.3 is 0 Å². The van der Waals surface area contributed by atoms with E-state index >= 15 is 0 Å². The Balaban J connectivity index is 1.52. The van der Waals surface area contributed by atoms with Crippen LogP contribution in [0.3, 0.4) is 0 Å². The highest BCUT2D eigenvalue weighted by molar-refractivity contribution is 5.99. The number of carbonyl (C=O) groups is 1. The second kappa shape index (κ2) is 7.00. The zero-order valence-electron chi connectivity index (χ0n) is 15.3. The lowest BCUT2D eigenvalue weighted by Crippen LogP contribution is -2.34. The molecule has 0 spiro atoms. The van der Waals surface area contributed by atoms with Gasteiger partial charge in [-0.2, -0.15) is 0 Å². The van der Waals surface area contributed by atoms with Crippen molar-refractivity contribution in [1.82, 2.24) is 15.2 Å². The van der Waals surface area contributed by atoms with Crippen molar-refractivity contribution in [3.05, 3.63) is 59.2 Å². The predicted molar refractivity (Wildman–Crippen MR) is 102 cm³/mol. The summed E-state index contributed by atoms with van der Waals surface area (Å²) in [5.74, 6) is 0.807. The third kappa shape index (κ3) is 3.15. The van der Waals surface area contributed by atoms with Gasteiger partial charge in [0.25, 0.3) is 5.91 Å². The Morgan fingerprint density at radius 1 is 1.27 bits per heavy atom. The van der Waals surface area contributed by atoms with Crippen LogP contribution in [-0.2, 0) is 12.8 Å². The number of rotatable bonds is 5. The number of hydrogen-bond donors (Lipinski definition) is 2. The summed E-state index contributed by atoms with van der Waals surface area (Å²) in [6, 6.07) is 9.78. The highest BCUT2D eigenvalue weighted by Crippen LogP contribution is 2.29. The van der Waals surface area contributed by atoms with E-state index in [2.05, 4.69) is 10.3 Å². The largest absolute Gasteiger partial charge is 0.468 e. The first-order chi connectivity index (χ1) is 12.6. The fraction of sp³-hybridized carbons (Fsp3) is 0.381. The smallest absolute Gasteiger partial charge is 0.251 e. The van der Waals surface area contributed by atoms with Gasteiger partial charge < -0.3 is 14.7 Å². The van der Waals surface area contributed by atoms with E-state index in [0.717, 1.165) is 24.1 Å². The molecule has 1 aliphatic rings. The Labute approximate surface area is 153 Å². The molecule has 0 bridgehead atoms. The molecule has 0 unspecified atom stereocenters. The number of nitrogens with one attached hydrogen (secondary N) is 2. The first-order valence-corrected chi connectivity index (χ1v) is 9.25. The summed E-state index contributed by atoms with van der Waals surface area (Å²) in [6.45, 7) is 0.503. The van der Waals surface area contributed by atoms with E-state index in [9.17, 15) is 4.79 Å². The van der Waals surface area contributed by atoms with Crippen LogP contribution in [-0.4, -0.2) is 36.4 Å². The monoisotopic (exact) mass is 351 g/mol. The normalized spacial score (nSPS) is 15.2. The minimum Gasteiger partial charge on any atom is -0.468 e. The zero-order chi connectivity index (χ0) is 18.1. The number of fused-ring (bicyclic) bond motifs is 3. The van der Waals surface area contributed by atoms with E-state index in [1.165, 1.54) is 29.5 Å². The minimum absolute atomic E-state index is 0.0118. The number of likely N-dealkylation sites (N-methyl/N-ethyl adjacent to an activating group) is 1. The Bertz CT molecular complexity index is 909. The lowest BCUT2D eigenvalue weighted by molar-refractivity contribution is 0.0939. The van der Waals surface area contributed by atoms with Crippen molar-refractivity contribution in [2.24, 2.45) is 0 Å². The van der Waals surface area contributed by atoms with Crippen LogP contribution < -0.4 is 5.32 Å². The predicted octanol–water partition coefficient (Wildman–Crippen LogP) is 3.67. The molecule has 1 aliphatic carbocycles. The summed E-state index contributed by atoms with van der Waals surface area (Å²) in [4.78, 5) is 18.3. The number of carbonyl (C=O) groups excluding carboxylic acids is 1. The fourth-order valence-corrected chi connectivity index (χ4v) is 3.86. The lowest BCUT2D eigenvalue weighted by Gasteiger charge is -2.22. The molecule has 0 fully saturated rings. The van der Waals surface area contributed by atoms with Crippen LogP contribution in [0.4, 0.5) is 0 Å². The molecule has 0 saturated carbocycles. The highest BCUT2D eigenvalue weighted by Gasteiger charge is 2.20. The maximum absolute atomic E-state index is 12.7. The van der Waals surface area contributed by atoms with Crippen LogP contribution in [0.5, 0.6) is 0 Å². The summed E-state index contributed by atoms with van der Waals surface area (Å²) in [6.07, 6.45) is 6.34. The van der Waals surface area contributed by atoms with E-state index in [1.54, 1.807) is 6.26 Å². The Hall–Kier alpha value is -2.53. The number of nitrogens with zero attached hydrogens (tertiary/aromatic N) is 1. The third-order valence-corrected chi connectivity index (χ3v) is 5.31. The molecule has 0 radical (unpaired) electrons. The number of benzene rings is 1. The Morgan fingerprint density at radius 2 is 2.12 bits per heavy atom. The van der Waals surface area contributed by atoms with Crippen LogP contribution >= 0.6 is 0 Å². The van der Waals surface area contributed by atoms with E-state index in [4.69, 9.17) is 4.42 Å². The molecule has 0 saturated heterocycles. The van der Waals surface area contributed by atoms with Gasteiger partial charge in [0.2, 0.25) is 0 Å². The fourth-order valence-electron chi connectivity index (χ4n) is 3.86. The number of aryl methyl sites for hydroxylation is 2. The molecule has 2 heterocycles. The summed E-state index contributed by atoms with van der Waals surface area (Å²) in [7, 11) is 3.97. The quantitative estimate of drug-likeness (QED) is 0.737. The van der Waals surface area contributed by atoms with Crippen LogP contribution in [0.25, 0.3) is 10.9 Å². The van der Waals surface area contributed by atoms with Crippen molar-refractivity contribution in [2.75, 3.05) is 20.6 Å². The molecule has 1 atom stereocenters. The molecule has 3 aromatic rings. The van der Waals surface area contributed by atoms with E-state index in [0.29, 0.717) is 12.1 Å². The summed E-state index contributed by atoms with van der Waals surface area (Å²) in [5, 5.41) is 4.25. The number of amides is 1. The summed E-state index contributed by atoms with van der Waals surface area (Å²) < 4.78 is 5.51. The molecular formula is C21H25N3O2. The minimum atomic E-state index is -0.0453. The van der Waals surface area contributed by atoms with Gasteiger partial charge in [-0.25, -0.2) is 0 Å². The summed E-state index contributed by atoms with van der Waals surface area (Å²) in [5.41, 5.74) is 4.58. The van der Waals surface area contributed by atoms with Crippen molar-refractivity contribution < 1.29 is 9.21 Å². The average Bonchev–Trinajstić information content (AvgIpc) is 3.28. The second-order valence-corrected chi connectivity index (χ2v) is 7.25. The van der Waals surface area contributed by atoms with Crippen molar-refractivity contribution in [3.63, 3.8) is 0 Å². The molecule has 1 amide bonds. The molecular weight excluding hydrogens is 326 g/mol. The average molecular weight is 351 g/mol. The van der Waals surface area contributed by atoms with Crippen molar-refractivity contribution >= 4 is 16.8 Å². The first kappa shape index (κ1) is 16.9. The standard InChI is InChI=1S/C21H25N3O2/c1-24(2)19(20-8-5-11-26-20)13-22-21(25)14-9-10-18-16(12-14)15-6-3-4-7-17(15)23-18/h5,8-12,19,23H,3-4,6-7,13H2,1-2H3,(H,22,25)/t19-/m0/s1. The van der Waals surface area contributed by atoms with Gasteiger partial charge in [-0.05, 0) is 75.7 Å². The van der Waals surface area contributed by atoms with Crippen LogP contribution in [0.2, 0.25) is 0 Å². The van der Waals surface area contributed by atoms with Crippen LogP contribution in [0, 0.1) is 0 Å². The number of hydrogen-bond acceptors (Lipinski definition) is 3. The lowest BCUT2D eigenvalue weighted by atomic mass is 9.95. The van der Waals surface area contributed by atoms with E-state index < -0.39 is 0 Å². The maximum atomic E-state index is 12.7. The van der Waals surface area contributed by atoms with Crippen LogP contribution in [0.15, 0.2) is 41.0 Å². The zero-order valence-corrected chi connectivity index (χ0v) is 15.3. The van der Waals surface area contributed by atoms with Gasteiger partial charge in [-0.15, -0.1) is 0 Å². The van der Waals surface area contributed by atoms with Crippen LogP contribution in [0.1, 0.15) is 46.3 Å². The van der Waals surface area contributed by atoms with E-state index in [-0.39, 0.29) is 11.9 Å². The van der Waals surface area contributed by atoms with Crippen molar-refractivity contribution in [3.8, 4) is 0 Å². The van der Waals surface area contributed by atoms with Gasteiger partial charge in [0.15, 0.2) is 0 Å². The second-order valence-electron chi connectivity index (χ2n) is 7.25. The molecule has 2 aromatic heterocycles. The number of aromatic amines is 1. The van der Waals surface area contributed by atoms with Gasteiger partial charge in [-0.3, -0.25) is 9.69 Å². The SMILES string of the molecule is CN(C)[C@@H](CNC(=O)c1ccc2[nH]c3c(c2c1)CCCC3)c1ccco1. The topological polar surface area (TPSA) is 61.3 Å². The number of H-pyrrole nitrogens is 1. The molecule has 5 heteroatoms. The molecule has 0 aliphatic heterocycles. The molecule has 2 N–H and O–H groups in total. The molecule has 5 nitrogen and oxygen atoms in total. The molecule has 4 rings (SSSR count). The number of furan rings is 1. The van der Waals surface area contributed by atoms with Gasteiger partial charge in [0.05, 0.1) is 12.3 Å². The molecule has 26 heavy (non-hydrogen) atoms. The van der Waals surface area contributed by atoms with E-state index in [1.807, 2.05) is 49.3 Å². The summed E-state index contributed by atoms with van der Waals surface area (Å²) >= 11 is 0. The highest BCUT2D eigenvalue weighted by atomic mass is 16.3. The third-order valence-electron chi connectivity index (χ3n) is 5.31. The number of aromatic nitrogens is 1.